The molecule has 3 rings (SSSR count). The van der Waals surface area contributed by atoms with Crippen LogP contribution in [0.25, 0.3) is 0 Å². The molecule has 166 valence electrons. The van der Waals surface area contributed by atoms with E-state index in [9.17, 15) is 4.79 Å². The molecule has 2 atom stereocenters. The summed E-state index contributed by atoms with van der Waals surface area (Å²) in [6, 6.07) is 10.6. The van der Waals surface area contributed by atoms with Crippen molar-refractivity contribution < 1.29 is 4.79 Å². The third-order valence-corrected chi connectivity index (χ3v) is 6.33. The topological polar surface area (TPSA) is 52.8 Å². The second-order valence-corrected chi connectivity index (χ2v) is 8.69. The zero-order chi connectivity index (χ0) is 19.3. The molecule has 0 bridgehead atoms. The van der Waals surface area contributed by atoms with Crippen molar-refractivity contribution in [2.24, 2.45) is 11.7 Å². The maximum atomic E-state index is 13.0. The Morgan fingerprint density at radius 3 is 2.41 bits per heavy atom. The molecule has 0 radical (unpaired) electrons. The van der Waals surface area contributed by atoms with Crippen LogP contribution < -0.4 is 5.73 Å². The molecule has 29 heavy (non-hydrogen) atoms. The fraction of sp³-hybridized carbons (Fsp3) is 0.682. The summed E-state index contributed by atoms with van der Waals surface area (Å²) in [7, 11) is 2.18. The van der Waals surface area contributed by atoms with Crippen molar-refractivity contribution in [2.45, 2.75) is 44.7 Å². The van der Waals surface area contributed by atoms with Crippen LogP contribution in [0.2, 0.25) is 0 Å². The Hall–Kier alpha value is -0.850. The summed E-state index contributed by atoms with van der Waals surface area (Å²) >= 11 is 0. The van der Waals surface area contributed by atoms with Gasteiger partial charge in [0.05, 0.1) is 5.92 Å². The molecule has 1 saturated heterocycles. The van der Waals surface area contributed by atoms with Gasteiger partial charge in [-0.3, -0.25) is 9.69 Å². The Balaban J connectivity index is 0.00000210. The molecule has 2 fully saturated rings. The third kappa shape index (κ3) is 7.41. The lowest BCUT2D eigenvalue weighted by atomic mass is 9.74. The normalized spacial score (nSPS) is 25.2. The van der Waals surface area contributed by atoms with Gasteiger partial charge in [-0.2, -0.15) is 0 Å². The van der Waals surface area contributed by atoms with Crippen molar-refractivity contribution in [2.75, 3.05) is 46.3 Å². The maximum absolute atomic E-state index is 13.0. The molecule has 1 saturated carbocycles. The molecule has 1 amide bonds. The first-order valence-electron chi connectivity index (χ1n) is 10.5. The molecule has 1 aliphatic carbocycles. The molecule has 1 heterocycles. The molecular formula is C22H38Cl2N4O. The van der Waals surface area contributed by atoms with Gasteiger partial charge in [-0.25, -0.2) is 0 Å². The highest BCUT2D eigenvalue weighted by atomic mass is 35.5. The average molecular weight is 445 g/mol. The summed E-state index contributed by atoms with van der Waals surface area (Å²) < 4.78 is 0. The molecule has 5 nitrogen and oxygen atoms in total. The fourth-order valence-electron chi connectivity index (χ4n) is 4.46. The summed E-state index contributed by atoms with van der Waals surface area (Å²) in [6.45, 7) is 8.78. The van der Waals surface area contributed by atoms with Gasteiger partial charge in [0, 0.05) is 51.4 Å². The van der Waals surface area contributed by atoms with Crippen LogP contribution in [0.1, 0.15) is 38.2 Å². The van der Waals surface area contributed by atoms with E-state index in [2.05, 4.69) is 59.0 Å². The SMILES string of the molecule is CN(CCN1CCN(C(=O)C2CCCCC2(C)N)CC1)Cc1ccccc1.Cl.Cl. The number of amides is 1. The quantitative estimate of drug-likeness (QED) is 0.732. The van der Waals surface area contributed by atoms with E-state index in [0.29, 0.717) is 5.91 Å². The number of nitrogens with two attached hydrogens (primary N) is 1. The van der Waals surface area contributed by atoms with Gasteiger partial charge in [0.1, 0.15) is 0 Å². The predicted molar refractivity (Wildman–Crippen MR) is 125 cm³/mol. The summed E-state index contributed by atoms with van der Waals surface area (Å²) in [5, 5.41) is 0. The first kappa shape index (κ1) is 26.2. The largest absolute Gasteiger partial charge is 0.340 e. The van der Waals surface area contributed by atoms with E-state index in [-0.39, 0.29) is 36.3 Å². The van der Waals surface area contributed by atoms with E-state index in [1.165, 1.54) is 5.56 Å². The highest BCUT2D eigenvalue weighted by molar-refractivity contribution is 5.85. The first-order valence-corrected chi connectivity index (χ1v) is 10.5. The third-order valence-electron chi connectivity index (χ3n) is 6.33. The van der Waals surface area contributed by atoms with E-state index in [1.807, 2.05) is 0 Å². The van der Waals surface area contributed by atoms with Crippen molar-refractivity contribution in [3.63, 3.8) is 0 Å². The molecule has 2 unspecified atom stereocenters. The Morgan fingerprint density at radius 2 is 1.79 bits per heavy atom. The average Bonchev–Trinajstić information content (AvgIpc) is 2.67. The summed E-state index contributed by atoms with van der Waals surface area (Å²) in [5.74, 6) is 0.301. The zero-order valence-corrected chi connectivity index (χ0v) is 19.5. The van der Waals surface area contributed by atoms with Crippen LogP contribution in [0, 0.1) is 5.92 Å². The van der Waals surface area contributed by atoms with Gasteiger partial charge in [-0.15, -0.1) is 24.8 Å². The van der Waals surface area contributed by atoms with Crippen LogP contribution in [0.15, 0.2) is 30.3 Å². The monoisotopic (exact) mass is 444 g/mol. The van der Waals surface area contributed by atoms with Crippen LogP contribution in [0.4, 0.5) is 0 Å². The van der Waals surface area contributed by atoms with E-state index in [4.69, 9.17) is 5.73 Å². The van der Waals surface area contributed by atoms with Gasteiger partial charge in [-0.1, -0.05) is 43.2 Å². The van der Waals surface area contributed by atoms with Crippen molar-refractivity contribution >= 4 is 30.7 Å². The molecule has 1 aliphatic heterocycles. The first-order chi connectivity index (χ1) is 13.0. The number of hydrogen-bond donors (Lipinski definition) is 1. The standard InChI is InChI=1S/C22H36N4O.2ClH/c1-22(23)11-7-6-10-20(22)21(27)26-16-14-25(15-17-26)13-12-24(2)18-19-8-4-3-5-9-19;;/h3-5,8-9,20H,6-7,10-18,23H2,1-2H3;2*1H. The highest BCUT2D eigenvalue weighted by Gasteiger charge is 2.40. The van der Waals surface area contributed by atoms with Gasteiger partial charge in [0.2, 0.25) is 5.91 Å². The van der Waals surface area contributed by atoms with E-state index in [0.717, 1.165) is 71.5 Å². The van der Waals surface area contributed by atoms with Gasteiger partial charge < -0.3 is 15.5 Å². The van der Waals surface area contributed by atoms with Crippen LogP contribution in [0.3, 0.4) is 0 Å². The second-order valence-electron chi connectivity index (χ2n) is 8.69. The van der Waals surface area contributed by atoms with Crippen molar-refractivity contribution in [3.05, 3.63) is 35.9 Å². The lowest BCUT2D eigenvalue weighted by Crippen LogP contribution is -2.57. The zero-order valence-electron chi connectivity index (χ0n) is 17.9. The number of carbonyl (C=O) groups is 1. The minimum Gasteiger partial charge on any atom is -0.340 e. The van der Waals surface area contributed by atoms with Gasteiger partial charge in [0.25, 0.3) is 0 Å². The molecule has 7 heteroatoms. The predicted octanol–water partition coefficient (Wildman–Crippen LogP) is 3.01. The number of hydrogen-bond acceptors (Lipinski definition) is 4. The Labute approximate surface area is 188 Å². The van der Waals surface area contributed by atoms with Crippen molar-refractivity contribution in [3.8, 4) is 0 Å². The van der Waals surface area contributed by atoms with E-state index >= 15 is 0 Å². The molecular weight excluding hydrogens is 407 g/mol. The molecule has 0 aromatic heterocycles. The number of likely N-dealkylation sites (N-methyl/N-ethyl adjacent to an activating group) is 1. The number of halogens is 2. The minimum absolute atomic E-state index is 0. The summed E-state index contributed by atoms with van der Waals surface area (Å²) in [4.78, 5) is 19.9. The molecule has 2 aliphatic rings. The highest BCUT2D eigenvalue weighted by Crippen LogP contribution is 2.33. The molecule has 1 aromatic carbocycles. The van der Waals surface area contributed by atoms with Gasteiger partial charge in [-0.05, 0) is 32.4 Å². The molecule has 0 spiro atoms. The number of rotatable bonds is 6. The van der Waals surface area contributed by atoms with Crippen molar-refractivity contribution in [1.82, 2.24) is 14.7 Å². The molecule has 2 N–H and O–H groups in total. The van der Waals surface area contributed by atoms with Crippen LogP contribution in [-0.2, 0) is 11.3 Å². The van der Waals surface area contributed by atoms with Crippen LogP contribution in [0.5, 0.6) is 0 Å². The lowest BCUT2D eigenvalue weighted by Gasteiger charge is -2.42. The Kier molecular flexibility index (Phi) is 10.9. The summed E-state index contributed by atoms with van der Waals surface area (Å²) in [5.41, 5.74) is 7.47. The number of nitrogens with zero attached hydrogens (tertiary/aromatic N) is 3. The minimum atomic E-state index is -0.327. The number of carbonyl (C=O) groups excluding carboxylic acids is 1. The Morgan fingerprint density at radius 1 is 1.14 bits per heavy atom. The van der Waals surface area contributed by atoms with Gasteiger partial charge in [0.15, 0.2) is 0 Å². The lowest BCUT2D eigenvalue weighted by molar-refractivity contribution is -0.140. The fourth-order valence-corrected chi connectivity index (χ4v) is 4.46. The summed E-state index contributed by atoms with van der Waals surface area (Å²) in [6.07, 6.45) is 4.21. The Bertz CT molecular complexity index is 606. The van der Waals surface area contributed by atoms with Gasteiger partial charge >= 0.3 is 0 Å². The van der Waals surface area contributed by atoms with Crippen LogP contribution >= 0.6 is 24.8 Å². The second kappa shape index (κ2) is 12.1. The number of benzene rings is 1. The van der Waals surface area contributed by atoms with Crippen molar-refractivity contribution in [1.29, 1.82) is 0 Å². The number of piperazine rings is 1. The van der Waals surface area contributed by atoms with E-state index in [1.54, 1.807) is 0 Å². The van der Waals surface area contributed by atoms with Crippen LogP contribution in [-0.4, -0.2) is 72.5 Å². The van der Waals surface area contributed by atoms with E-state index < -0.39 is 0 Å². The smallest absolute Gasteiger partial charge is 0.227 e. The maximum Gasteiger partial charge on any atom is 0.227 e. The molecule has 1 aromatic rings.